The molecule has 1 aliphatic carbocycles. The summed E-state index contributed by atoms with van der Waals surface area (Å²) in [6.45, 7) is 0. The first-order valence-corrected chi connectivity index (χ1v) is 7.55. The van der Waals surface area contributed by atoms with Crippen molar-refractivity contribution >= 4 is 11.9 Å². The van der Waals surface area contributed by atoms with Gasteiger partial charge in [-0.25, -0.2) is 0 Å². The van der Waals surface area contributed by atoms with Crippen LogP contribution in [-0.4, -0.2) is 17.9 Å². The molecule has 1 aliphatic rings. The van der Waals surface area contributed by atoms with E-state index in [1.54, 1.807) is 7.11 Å². The van der Waals surface area contributed by atoms with Crippen LogP contribution in [0.15, 0.2) is 54.2 Å². The van der Waals surface area contributed by atoms with Gasteiger partial charge < -0.3 is 4.74 Å². The molecule has 0 bridgehead atoms. The van der Waals surface area contributed by atoms with Gasteiger partial charge in [0.05, 0.1) is 7.11 Å². The van der Waals surface area contributed by atoms with Crippen LogP contribution in [0.1, 0.15) is 36.4 Å². The summed E-state index contributed by atoms with van der Waals surface area (Å²) in [5.74, 6) is 1.35. The van der Waals surface area contributed by atoms with E-state index in [4.69, 9.17) is 4.74 Å². The first-order chi connectivity index (χ1) is 10.8. The van der Waals surface area contributed by atoms with Crippen molar-refractivity contribution in [1.29, 1.82) is 0 Å². The Morgan fingerprint density at radius 1 is 1.18 bits per heavy atom. The standard InChI is InChI=1S/C19H19NO2/c1-22-19-8-3-2-6-15(19)13-16-12-14(9-10-18(16)21)17-7-4-5-11-20-17/h2-8,11,13-14H,9-10,12H2,1H3/b16-13-. The highest BCUT2D eigenvalue weighted by Gasteiger charge is 2.25. The smallest absolute Gasteiger partial charge is 0.158 e. The van der Waals surface area contributed by atoms with Gasteiger partial charge in [-0.3, -0.25) is 9.78 Å². The maximum atomic E-state index is 12.2. The van der Waals surface area contributed by atoms with Gasteiger partial charge in [0, 0.05) is 29.8 Å². The van der Waals surface area contributed by atoms with E-state index in [1.165, 1.54) is 0 Å². The number of rotatable bonds is 3. The van der Waals surface area contributed by atoms with Crippen molar-refractivity contribution in [3.63, 3.8) is 0 Å². The molecule has 0 aliphatic heterocycles. The molecule has 1 heterocycles. The summed E-state index contributed by atoms with van der Waals surface area (Å²) in [5, 5.41) is 0. The van der Waals surface area contributed by atoms with E-state index in [0.717, 1.165) is 35.4 Å². The van der Waals surface area contributed by atoms with E-state index in [0.29, 0.717) is 12.3 Å². The lowest BCUT2D eigenvalue weighted by Gasteiger charge is -2.23. The molecule has 1 atom stereocenters. The van der Waals surface area contributed by atoms with Crippen molar-refractivity contribution in [2.45, 2.75) is 25.2 Å². The molecule has 1 fully saturated rings. The Morgan fingerprint density at radius 3 is 2.77 bits per heavy atom. The number of ketones is 1. The van der Waals surface area contributed by atoms with Gasteiger partial charge >= 0.3 is 0 Å². The van der Waals surface area contributed by atoms with E-state index in [1.807, 2.05) is 54.7 Å². The third kappa shape index (κ3) is 3.08. The first-order valence-electron chi connectivity index (χ1n) is 7.55. The van der Waals surface area contributed by atoms with Crippen molar-refractivity contribution in [2.24, 2.45) is 0 Å². The zero-order valence-electron chi connectivity index (χ0n) is 12.7. The number of carbonyl (C=O) groups is 1. The Hall–Kier alpha value is -2.42. The second kappa shape index (κ2) is 6.56. The third-order valence-corrected chi connectivity index (χ3v) is 4.12. The van der Waals surface area contributed by atoms with E-state index in [-0.39, 0.29) is 5.78 Å². The second-order valence-corrected chi connectivity index (χ2v) is 5.53. The number of pyridine rings is 1. The lowest BCUT2D eigenvalue weighted by molar-refractivity contribution is -0.116. The van der Waals surface area contributed by atoms with Gasteiger partial charge in [0.15, 0.2) is 5.78 Å². The molecule has 2 aromatic rings. The molecule has 1 aromatic carbocycles. The lowest BCUT2D eigenvalue weighted by atomic mass is 9.82. The number of para-hydroxylation sites is 1. The molecule has 0 spiro atoms. The van der Waals surface area contributed by atoms with Crippen molar-refractivity contribution in [3.8, 4) is 5.75 Å². The highest BCUT2D eigenvalue weighted by atomic mass is 16.5. The lowest BCUT2D eigenvalue weighted by Crippen LogP contribution is -2.16. The Morgan fingerprint density at radius 2 is 2.00 bits per heavy atom. The monoisotopic (exact) mass is 293 g/mol. The molecule has 112 valence electrons. The summed E-state index contributed by atoms with van der Waals surface area (Å²) >= 11 is 0. The maximum Gasteiger partial charge on any atom is 0.158 e. The van der Waals surface area contributed by atoms with Gasteiger partial charge in [-0.15, -0.1) is 0 Å². The molecule has 3 rings (SSSR count). The van der Waals surface area contributed by atoms with Crippen LogP contribution in [0.3, 0.4) is 0 Å². The van der Waals surface area contributed by atoms with E-state index in [9.17, 15) is 4.79 Å². The molecular weight excluding hydrogens is 274 g/mol. The van der Waals surface area contributed by atoms with Gasteiger partial charge in [0.2, 0.25) is 0 Å². The molecule has 1 aromatic heterocycles. The predicted octanol–water partition coefficient (Wildman–Crippen LogP) is 4.01. The normalized spacial score (nSPS) is 20.1. The zero-order chi connectivity index (χ0) is 15.4. The van der Waals surface area contributed by atoms with E-state index >= 15 is 0 Å². The van der Waals surface area contributed by atoms with Crippen molar-refractivity contribution in [1.82, 2.24) is 4.98 Å². The summed E-state index contributed by atoms with van der Waals surface area (Å²) in [4.78, 5) is 16.7. The molecule has 3 heteroatoms. The Labute approximate surface area is 130 Å². The Bertz CT molecular complexity index is 692. The van der Waals surface area contributed by atoms with Crippen LogP contribution in [0, 0.1) is 0 Å². The van der Waals surface area contributed by atoms with Gasteiger partial charge in [-0.1, -0.05) is 24.3 Å². The molecule has 0 saturated heterocycles. The summed E-state index contributed by atoms with van der Waals surface area (Å²) in [6.07, 6.45) is 5.99. The minimum absolute atomic E-state index is 0.234. The Kier molecular flexibility index (Phi) is 4.33. The average molecular weight is 293 g/mol. The number of aromatic nitrogens is 1. The fourth-order valence-electron chi connectivity index (χ4n) is 2.93. The summed E-state index contributed by atoms with van der Waals surface area (Å²) < 4.78 is 5.37. The summed E-state index contributed by atoms with van der Waals surface area (Å²) in [7, 11) is 1.65. The van der Waals surface area contributed by atoms with Gasteiger partial charge in [0.1, 0.15) is 5.75 Å². The van der Waals surface area contributed by atoms with E-state index < -0.39 is 0 Å². The van der Waals surface area contributed by atoms with Gasteiger partial charge in [-0.2, -0.15) is 0 Å². The number of hydrogen-bond donors (Lipinski definition) is 0. The molecule has 0 amide bonds. The number of allylic oxidation sites excluding steroid dienone is 1. The summed E-state index contributed by atoms with van der Waals surface area (Å²) in [5.41, 5.74) is 2.89. The fraction of sp³-hybridized carbons (Fsp3) is 0.263. The van der Waals surface area contributed by atoms with Gasteiger partial charge in [0.25, 0.3) is 0 Å². The largest absolute Gasteiger partial charge is 0.496 e. The topological polar surface area (TPSA) is 39.2 Å². The van der Waals surface area contributed by atoms with Crippen LogP contribution in [0.5, 0.6) is 5.75 Å². The van der Waals surface area contributed by atoms with Crippen molar-refractivity contribution < 1.29 is 9.53 Å². The second-order valence-electron chi connectivity index (χ2n) is 5.53. The summed E-state index contributed by atoms with van der Waals surface area (Å²) in [6, 6.07) is 13.7. The molecule has 3 nitrogen and oxygen atoms in total. The predicted molar refractivity (Wildman–Crippen MR) is 86.8 cm³/mol. The van der Waals surface area contributed by atoms with Crippen LogP contribution >= 0.6 is 0 Å². The van der Waals surface area contributed by atoms with Crippen molar-refractivity contribution in [3.05, 3.63) is 65.5 Å². The SMILES string of the molecule is COc1ccccc1/C=C1/CC(c2ccccn2)CCC1=O. The minimum atomic E-state index is 0.234. The maximum absolute atomic E-state index is 12.2. The number of hydrogen-bond acceptors (Lipinski definition) is 3. The number of nitrogens with zero attached hydrogens (tertiary/aromatic N) is 1. The van der Waals surface area contributed by atoms with Crippen LogP contribution in [0.4, 0.5) is 0 Å². The highest BCUT2D eigenvalue weighted by Crippen LogP contribution is 2.34. The number of carbonyl (C=O) groups excluding carboxylic acids is 1. The quantitative estimate of drug-likeness (QED) is 0.803. The fourth-order valence-corrected chi connectivity index (χ4v) is 2.93. The molecular formula is C19H19NO2. The molecule has 1 saturated carbocycles. The van der Waals surface area contributed by atoms with Crippen LogP contribution in [-0.2, 0) is 4.79 Å². The Balaban J connectivity index is 1.88. The number of benzene rings is 1. The molecule has 0 radical (unpaired) electrons. The molecule has 1 unspecified atom stereocenters. The number of methoxy groups -OCH3 is 1. The number of Topliss-reactive ketones (excluding diaryl/α,β-unsaturated/α-hetero) is 1. The molecule has 22 heavy (non-hydrogen) atoms. The minimum Gasteiger partial charge on any atom is -0.496 e. The zero-order valence-corrected chi connectivity index (χ0v) is 12.7. The third-order valence-electron chi connectivity index (χ3n) is 4.12. The van der Waals surface area contributed by atoms with Gasteiger partial charge in [-0.05, 0) is 42.7 Å². The van der Waals surface area contributed by atoms with Crippen LogP contribution < -0.4 is 4.74 Å². The average Bonchev–Trinajstić information content (AvgIpc) is 2.58. The van der Waals surface area contributed by atoms with Crippen LogP contribution in [0.25, 0.3) is 6.08 Å². The van der Waals surface area contributed by atoms with E-state index in [2.05, 4.69) is 4.98 Å². The highest BCUT2D eigenvalue weighted by molar-refractivity contribution is 6.00. The number of ether oxygens (including phenoxy) is 1. The molecule has 0 N–H and O–H groups in total. The first kappa shape index (κ1) is 14.5. The van der Waals surface area contributed by atoms with Crippen LogP contribution in [0.2, 0.25) is 0 Å². The van der Waals surface area contributed by atoms with Crippen molar-refractivity contribution in [2.75, 3.05) is 7.11 Å².